The molecule has 1 saturated heterocycles. The minimum Gasteiger partial charge on any atom is -0.508 e. The summed E-state index contributed by atoms with van der Waals surface area (Å²) in [5.41, 5.74) is 2.55. The molecule has 0 radical (unpaired) electrons. The van der Waals surface area contributed by atoms with E-state index >= 15 is 0 Å². The molecule has 1 fully saturated rings. The van der Waals surface area contributed by atoms with Gasteiger partial charge in [0, 0.05) is 18.2 Å². The van der Waals surface area contributed by atoms with E-state index in [1.54, 1.807) is 0 Å². The molecular formula is C24H41NO. The van der Waals surface area contributed by atoms with Crippen molar-refractivity contribution in [3.63, 3.8) is 0 Å². The third-order valence-electron chi connectivity index (χ3n) is 6.04. The number of piperidine rings is 1. The van der Waals surface area contributed by atoms with Crippen LogP contribution in [0.25, 0.3) is 0 Å². The lowest BCUT2D eigenvalue weighted by molar-refractivity contribution is 0.130. The van der Waals surface area contributed by atoms with Crippen LogP contribution in [0, 0.1) is 5.92 Å². The van der Waals surface area contributed by atoms with Gasteiger partial charge in [-0.25, -0.2) is 0 Å². The zero-order valence-electron chi connectivity index (χ0n) is 17.9. The Balaban J connectivity index is 2.12. The predicted molar refractivity (Wildman–Crippen MR) is 113 cm³/mol. The Labute approximate surface area is 162 Å². The summed E-state index contributed by atoms with van der Waals surface area (Å²) in [7, 11) is 0. The van der Waals surface area contributed by atoms with Gasteiger partial charge in [0.25, 0.3) is 0 Å². The normalized spacial score (nSPS) is 19.2. The number of nitrogens with zero attached hydrogens (tertiary/aromatic N) is 1. The summed E-state index contributed by atoms with van der Waals surface area (Å²) in [6.45, 7) is 13.8. The summed E-state index contributed by atoms with van der Waals surface area (Å²) < 4.78 is 0. The van der Waals surface area contributed by atoms with E-state index in [1.807, 2.05) is 0 Å². The lowest BCUT2D eigenvalue weighted by atomic mass is 9.79. The van der Waals surface area contributed by atoms with Crippen LogP contribution in [-0.2, 0) is 5.41 Å². The van der Waals surface area contributed by atoms with Crippen molar-refractivity contribution in [2.45, 2.75) is 97.4 Å². The second-order valence-corrected chi connectivity index (χ2v) is 9.37. The van der Waals surface area contributed by atoms with Crippen molar-refractivity contribution in [1.82, 2.24) is 4.90 Å². The van der Waals surface area contributed by atoms with Crippen LogP contribution >= 0.6 is 0 Å². The fourth-order valence-corrected chi connectivity index (χ4v) is 4.42. The van der Waals surface area contributed by atoms with E-state index < -0.39 is 0 Å². The smallest absolute Gasteiger partial charge is 0.120 e. The molecule has 1 atom stereocenters. The summed E-state index contributed by atoms with van der Waals surface area (Å²) >= 11 is 0. The summed E-state index contributed by atoms with van der Waals surface area (Å²) in [6, 6.07) is 6.92. The van der Waals surface area contributed by atoms with Gasteiger partial charge < -0.3 is 5.11 Å². The quantitative estimate of drug-likeness (QED) is 0.489. The number of hydrogen-bond acceptors (Lipinski definition) is 2. The molecule has 2 rings (SSSR count). The molecule has 0 spiro atoms. The summed E-state index contributed by atoms with van der Waals surface area (Å²) in [6.07, 6.45) is 10.1. The van der Waals surface area contributed by atoms with Gasteiger partial charge in [-0.05, 0) is 48.8 Å². The Morgan fingerprint density at radius 1 is 1.15 bits per heavy atom. The fourth-order valence-electron chi connectivity index (χ4n) is 4.42. The highest BCUT2D eigenvalue weighted by Crippen LogP contribution is 2.39. The van der Waals surface area contributed by atoms with Gasteiger partial charge in [-0.2, -0.15) is 0 Å². The molecule has 0 aromatic heterocycles. The first-order valence-electron chi connectivity index (χ1n) is 10.9. The Bertz CT molecular complexity index is 549. The van der Waals surface area contributed by atoms with Gasteiger partial charge >= 0.3 is 0 Å². The average molecular weight is 360 g/mol. The van der Waals surface area contributed by atoms with Crippen LogP contribution in [-0.4, -0.2) is 23.1 Å². The maximum absolute atomic E-state index is 10.8. The molecule has 1 aliphatic rings. The number of hydrogen-bond donors (Lipinski definition) is 1. The average Bonchev–Trinajstić information content (AvgIpc) is 2.59. The minimum absolute atomic E-state index is 0.133. The van der Waals surface area contributed by atoms with E-state index in [2.05, 4.69) is 57.7 Å². The molecule has 1 aromatic rings. The van der Waals surface area contributed by atoms with Crippen LogP contribution in [0.2, 0.25) is 0 Å². The molecule has 1 heterocycles. The van der Waals surface area contributed by atoms with Crippen molar-refractivity contribution >= 4 is 0 Å². The molecule has 1 aliphatic heterocycles. The van der Waals surface area contributed by atoms with E-state index in [1.165, 1.54) is 56.9 Å². The zero-order chi connectivity index (χ0) is 19.2. The maximum atomic E-state index is 10.8. The molecule has 1 N–H and O–H groups in total. The van der Waals surface area contributed by atoms with Gasteiger partial charge in [0.1, 0.15) is 5.75 Å². The standard InChI is InChI=1S/C24H41NO/c1-6-7-8-10-15-24(4,5)20-13-14-21(23(26)17-20)22-12-9-11-16-25(22)18-19(2)3/h13-14,17,19,22,26H,6-12,15-16,18H2,1-5H3. The Morgan fingerprint density at radius 2 is 1.92 bits per heavy atom. The highest BCUT2D eigenvalue weighted by atomic mass is 16.3. The van der Waals surface area contributed by atoms with Gasteiger partial charge in [0.15, 0.2) is 0 Å². The number of likely N-dealkylation sites (tertiary alicyclic amines) is 1. The van der Waals surface area contributed by atoms with Crippen molar-refractivity contribution in [3.8, 4) is 5.75 Å². The highest BCUT2D eigenvalue weighted by Gasteiger charge is 2.28. The monoisotopic (exact) mass is 359 g/mol. The van der Waals surface area contributed by atoms with Gasteiger partial charge in [-0.15, -0.1) is 0 Å². The lowest BCUT2D eigenvalue weighted by Crippen LogP contribution is -2.36. The molecule has 0 saturated carbocycles. The second-order valence-electron chi connectivity index (χ2n) is 9.37. The number of benzene rings is 1. The molecule has 0 amide bonds. The van der Waals surface area contributed by atoms with E-state index in [0.29, 0.717) is 17.7 Å². The molecule has 2 heteroatoms. The van der Waals surface area contributed by atoms with E-state index in [4.69, 9.17) is 0 Å². The van der Waals surface area contributed by atoms with Crippen molar-refractivity contribution in [2.75, 3.05) is 13.1 Å². The summed E-state index contributed by atoms with van der Waals surface area (Å²) in [4.78, 5) is 2.58. The van der Waals surface area contributed by atoms with Gasteiger partial charge in [-0.3, -0.25) is 4.90 Å². The highest BCUT2D eigenvalue weighted by molar-refractivity contribution is 5.41. The maximum Gasteiger partial charge on any atom is 0.120 e. The number of phenols is 1. The van der Waals surface area contributed by atoms with E-state index in [-0.39, 0.29) is 5.41 Å². The van der Waals surface area contributed by atoms with Crippen LogP contribution < -0.4 is 0 Å². The van der Waals surface area contributed by atoms with Crippen LogP contribution in [0.4, 0.5) is 0 Å². The number of unbranched alkanes of at least 4 members (excludes halogenated alkanes) is 3. The lowest BCUT2D eigenvalue weighted by Gasteiger charge is -2.37. The molecule has 0 aliphatic carbocycles. The minimum atomic E-state index is 0.133. The number of phenolic OH excluding ortho intramolecular Hbond substituents is 1. The predicted octanol–water partition coefficient (Wildman–Crippen LogP) is 6.82. The number of aromatic hydroxyl groups is 1. The van der Waals surface area contributed by atoms with Crippen molar-refractivity contribution in [3.05, 3.63) is 29.3 Å². The molecule has 148 valence electrons. The Kier molecular flexibility index (Phi) is 8.01. The van der Waals surface area contributed by atoms with Crippen LogP contribution in [0.1, 0.15) is 103 Å². The Hall–Kier alpha value is -1.02. The van der Waals surface area contributed by atoms with Crippen LogP contribution in [0.3, 0.4) is 0 Å². The Morgan fingerprint density at radius 3 is 2.58 bits per heavy atom. The first kappa shape index (κ1) is 21.3. The molecule has 0 bridgehead atoms. The van der Waals surface area contributed by atoms with Crippen molar-refractivity contribution < 1.29 is 5.11 Å². The van der Waals surface area contributed by atoms with Crippen LogP contribution in [0.5, 0.6) is 5.75 Å². The first-order chi connectivity index (χ1) is 12.3. The van der Waals surface area contributed by atoms with Gasteiger partial charge in [0.05, 0.1) is 0 Å². The van der Waals surface area contributed by atoms with Gasteiger partial charge in [0.2, 0.25) is 0 Å². The number of rotatable bonds is 9. The third kappa shape index (κ3) is 5.74. The zero-order valence-corrected chi connectivity index (χ0v) is 17.9. The SMILES string of the molecule is CCCCCCC(C)(C)c1ccc(C2CCCCN2CC(C)C)c(O)c1. The largest absolute Gasteiger partial charge is 0.508 e. The van der Waals surface area contributed by atoms with Crippen molar-refractivity contribution in [1.29, 1.82) is 0 Å². The molecular weight excluding hydrogens is 318 g/mol. The molecule has 2 nitrogen and oxygen atoms in total. The van der Waals surface area contributed by atoms with Crippen molar-refractivity contribution in [2.24, 2.45) is 5.92 Å². The molecule has 1 aromatic carbocycles. The van der Waals surface area contributed by atoms with Gasteiger partial charge in [-0.1, -0.05) is 78.9 Å². The van der Waals surface area contributed by atoms with E-state index in [9.17, 15) is 5.11 Å². The molecule has 1 unspecified atom stereocenters. The molecule has 26 heavy (non-hydrogen) atoms. The first-order valence-corrected chi connectivity index (χ1v) is 10.9. The fraction of sp³-hybridized carbons (Fsp3) is 0.750. The second kappa shape index (κ2) is 9.78. The summed E-state index contributed by atoms with van der Waals surface area (Å²) in [5.74, 6) is 1.17. The summed E-state index contributed by atoms with van der Waals surface area (Å²) in [5, 5.41) is 10.8. The van der Waals surface area contributed by atoms with Crippen LogP contribution in [0.15, 0.2) is 18.2 Å². The third-order valence-corrected chi connectivity index (χ3v) is 6.04. The topological polar surface area (TPSA) is 23.5 Å². The van der Waals surface area contributed by atoms with E-state index in [0.717, 1.165) is 18.7 Å².